The van der Waals surface area contributed by atoms with E-state index < -0.39 is 9.84 Å². The smallest absolute Gasteiger partial charge is 0.306 e. The van der Waals surface area contributed by atoms with Gasteiger partial charge in [-0.3, -0.25) is 4.57 Å². The Morgan fingerprint density at radius 2 is 2.21 bits per heavy atom. The van der Waals surface area contributed by atoms with Crippen LogP contribution in [0.4, 0.5) is 0 Å². The third kappa shape index (κ3) is 2.20. The lowest BCUT2D eigenvalue weighted by molar-refractivity contribution is 0.490. The molecule has 5 nitrogen and oxygen atoms in total. The Hall–Kier alpha value is -1.56. The van der Waals surface area contributed by atoms with Crippen molar-refractivity contribution in [3.8, 4) is 0 Å². The molecule has 3 rings (SSSR count). The van der Waals surface area contributed by atoms with Crippen LogP contribution in [-0.2, 0) is 16.4 Å². The van der Waals surface area contributed by atoms with Crippen molar-refractivity contribution in [3.63, 3.8) is 0 Å². The summed E-state index contributed by atoms with van der Waals surface area (Å²) in [7, 11) is -2.90. The Labute approximate surface area is 111 Å². The zero-order chi connectivity index (χ0) is 13.6. The maximum atomic E-state index is 12.0. The fraction of sp³-hybridized carbons (Fsp3) is 0.462. The topological polar surface area (TPSA) is 71.9 Å². The van der Waals surface area contributed by atoms with Gasteiger partial charge in [-0.25, -0.2) is 13.2 Å². The van der Waals surface area contributed by atoms with Crippen LogP contribution in [-0.4, -0.2) is 29.5 Å². The SMILES string of the molecule is Cc1cccc2[nH]c(=O)n(CC3CCS(=O)(=O)C3)c12. The molecule has 0 saturated carbocycles. The molecule has 19 heavy (non-hydrogen) atoms. The van der Waals surface area contributed by atoms with E-state index in [4.69, 9.17) is 0 Å². The number of para-hydroxylation sites is 1. The van der Waals surface area contributed by atoms with Crippen molar-refractivity contribution in [2.24, 2.45) is 5.92 Å². The Bertz CT molecular complexity index is 786. The first-order valence-corrected chi connectivity index (χ1v) is 8.17. The molecule has 0 radical (unpaired) electrons. The van der Waals surface area contributed by atoms with Gasteiger partial charge < -0.3 is 4.98 Å². The molecule has 0 amide bonds. The molecule has 1 atom stereocenters. The molecule has 1 aromatic heterocycles. The lowest BCUT2D eigenvalue weighted by Crippen LogP contribution is -2.22. The minimum atomic E-state index is -2.90. The van der Waals surface area contributed by atoms with Gasteiger partial charge in [0.05, 0.1) is 22.5 Å². The van der Waals surface area contributed by atoms with Crippen LogP contribution in [0.1, 0.15) is 12.0 Å². The van der Waals surface area contributed by atoms with E-state index in [2.05, 4.69) is 4.98 Å². The summed E-state index contributed by atoms with van der Waals surface area (Å²) in [5.41, 5.74) is 2.56. The van der Waals surface area contributed by atoms with Gasteiger partial charge in [-0.05, 0) is 30.9 Å². The van der Waals surface area contributed by atoms with Crippen LogP contribution in [0, 0.1) is 12.8 Å². The van der Waals surface area contributed by atoms with E-state index in [1.807, 2.05) is 25.1 Å². The molecule has 1 unspecified atom stereocenters. The number of aromatic amines is 1. The van der Waals surface area contributed by atoms with Crippen LogP contribution in [0.2, 0.25) is 0 Å². The number of benzene rings is 1. The first-order valence-electron chi connectivity index (χ1n) is 6.35. The van der Waals surface area contributed by atoms with Gasteiger partial charge in [-0.15, -0.1) is 0 Å². The molecule has 6 heteroatoms. The molecule has 1 aliphatic rings. The molecule has 2 heterocycles. The Balaban J connectivity index is 2.02. The van der Waals surface area contributed by atoms with E-state index in [0.717, 1.165) is 16.6 Å². The van der Waals surface area contributed by atoms with Crippen LogP contribution in [0.3, 0.4) is 0 Å². The van der Waals surface area contributed by atoms with Crippen molar-refractivity contribution in [3.05, 3.63) is 34.2 Å². The Morgan fingerprint density at radius 1 is 1.42 bits per heavy atom. The summed E-state index contributed by atoms with van der Waals surface area (Å²) >= 11 is 0. The van der Waals surface area contributed by atoms with Gasteiger partial charge in [0.2, 0.25) is 0 Å². The number of rotatable bonds is 2. The van der Waals surface area contributed by atoms with Crippen molar-refractivity contribution < 1.29 is 8.42 Å². The van der Waals surface area contributed by atoms with E-state index in [-0.39, 0.29) is 23.1 Å². The summed E-state index contributed by atoms with van der Waals surface area (Å²) < 4.78 is 24.7. The van der Waals surface area contributed by atoms with Gasteiger partial charge in [0.15, 0.2) is 9.84 Å². The molecule has 1 saturated heterocycles. The second kappa shape index (κ2) is 4.23. The maximum absolute atomic E-state index is 12.0. The van der Waals surface area contributed by atoms with E-state index >= 15 is 0 Å². The van der Waals surface area contributed by atoms with Crippen molar-refractivity contribution in [2.75, 3.05) is 11.5 Å². The number of H-pyrrole nitrogens is 1. The first kappa shape index (κ1) is 12.5. The fourth-order valence-corrected chi connectivity index (χ4v) is 4.70. The maximum Gasteiger partial charge on any atom is 0.326 e. The van der Waals surface area contributed by atoms with Crippen molar-refractivity contribution in [2.45, 2.75) is 19.9 Å². The number of aryl methyl sites for hydroxylation is 1. The third-order valence-corrected chi connectivity index (χ3v) is 5.60. The normalized spacial score (nSPS) is 22.1. The van der Waals surface area contributed by atoms with Crippen LogP contribution >= 0.6 is 0 Å². The number of imidazole rings is 1. The average Bonchev–Trinajstić information content (AvgIpc) is 2.81. The molecule has 1 fully saturated rings. The Kier molecular flexibility index (Phi) is 2.78. The first-order chi connectivity index (χ1) is 8.96. The Morgan fingerprint density at radius 3 is 2.89 bits per heavy atom. The van der Waals surface area contributed by atoms with Crippen LogP contribution < -0.4 is 5.69 Å². The van der Waals surface area contributed by atoms with E-state index in [1.165, 1.54) is 0 Å². The highest BCUT2D eigenvalue weighted by Crippen LogP contribution is 2.22. The molecule has 1 aromatic carbocycles. The molecule has 1 N–H and O–H groups in total. The second-order valence-corrected chi connectivity index (χ2v) is 7.51. The monoisotopic (exact) mass is 280 g/mol. The van der Waals surface area contributed by atoms with Crippen LogP contribution in [0.5, 0.6) is 0 Å². The highest BCUT2D eigenvalue weighted by atomic mass is 32.2. The fourth-order valence-electron chi connectivity index (χ4n) is 2.85. The molecule has 1 aliphatic heterocycles. The molecular weight excluding hydrogens is 264 g/mol. The third-order valence-electron chi connectivity index (χ3n) is 3.76. The zero-order valence-corrected chi connectivity index (χ0v) is 11.5. The minimum absolute atomic E-state index is 0.0429. The average molecular weight is 280 g/mol. The lowest BCUT2D eigenvalue weighted by atomic mass is 10.1. The summed E-state index contributed by atoms with van der Waals surface area (Å²) in [6.45, 7) is 2.43. The van der Waals surface area contributed by atoms with Crippen molar-refractivity contribution in [1.29, 1.82) is 0 Å². The highest BCUT2D eigenvalue weighted by molar-refractivity contribution is 7.91. The molecule has 0 spiro atoms. The van der Waals surface area contributed by atoms with Gasteiger partial charge in [-0.1, -0.05) is 12.1 Å². The summed E-state index contributed by atoms with van der Waals surface area (Å²) in [4.78, 5) is 14.8. The molecular formula is C13H16N2O3S. The predicted octanol–water partition coefficient (Wildman–Crippen LogP) is 1.07. The van der Waals surface area contributed by atoms with Crippen LogP contribution in [0.15, 0.2) is 23.0 Å². The van der Waals surface area contributed by atoms with Gasteiger partial charge >= 0.3 is 5.69 Å². The summed E-state index contributed by atoms with van der Waals surface area (Å²) in [5.74, 6) is 0.479. The number of nitrogens with zero attached hydrogens (tertiary/aromatic N) is 1. The van der Waals surface area contributed by atoms with E-state index in [1.54, 1.807) is 4.57 Å². The van der Waals surface area contributed by atoms with Crippen LogP contribution in [0.25, 0.3) is 11.0 Å². The molecule has 0 bridgehead atoms. The van der Waals surface area contributed by atoms with Gasteiger partial charge in [-0.2, -0.15) is 0 Å². The summed E-state index contributed by atoms with van der Waals surface area (Å²) in [6.07, 6.45) is 0.646. The van der Waals surface area contributed by atoms with Crippen molar-refractivity contribution >= 4 is 20.9 Å². The molecule has 102 valence electrons. The van der Waals surface area contributed by atoms with Crippen molar-refractivity contribution in [1.82, 2.24) is 9.55 Å². The summed E-state index contributed by atoms with van der Waals surface area (Å²) in [6, 6.07) is 5.72. The number of hydrogen-bond acceptors (Lipinski definition) is 3. The number of aromatic nitrogens is 2. The zero-order valence-electron chi connectivity index (χ0n) is 10.7. The highest BCUT2D eigenvalue weighted by Gasteiger charge is 2.28. The van der Waals surface area contributed by atoms with E-state index in [0.29, 0.717) is 13.0 Å². The van der Waals surface area contributed by atoms with Gasteiger partial charge in [0.25, 0.3) is 0 Å². The van der Waals surface area contributed by atoms with Gasteiger partial charge in [0.1, 0.15) is 0 Å². The predicted molar refractivity (Wildman–Crippen MR) is 74.1 cm³/mol. The minimum Gasteiger partial charge on any atom is -0.306 e. The van der Waals surface area contributed by atoms with Gasteiger partial charge in [0, 0.05) is 6.54 Å². The summed E-state index contributed by atoms with van der Waals surface area (Å²) in [5, 5.41) is 0. The number of hydrogen-bond donors (Lipinski definition) is 1. The quantitative estimate of drug-likeness (QED) is 0.894. The second-order valence-electron chi connectivity index (χ2n) is 5.28. The largest absolute Gasteiger partial charge is 0.326 e. The number of fused-ring (bicyclic) bond motifs is 1. The lowest BCUT2D eigenvalue weighted by Gasteiger charge is -2.10. The van der Waals surface area contributed by atoms with E-state index in [9.17, 15) is 13.2 Å². The molecule has 0 aliphatic carbocycles. The molecule has 2 aromatic rings. The number of sulfone groups is 1. The number of nitrogens with one attached hydrogen (secondary N) is 1. The standard InChI is InChI=1S/C13H16N2O3S/c1-9-3-2-4-11-12(9)15(13(16)14-11)7-10-5-6-19(17,18)8-10/h2-4,10H,5-8H2,1H3,(H,14,16).